The molecule has 0 aliphatic rings. The fourth-order valence-electron chi connectivity index (χ4n) is 2.06. The van der Waals surface area contributed by atoms with Gasteiger partial charge in [-0.1, -0.05) is 28.1 Å². The van der Waals surface area contributed by atoms with Crippen LogP contribution in [0.1, 0.15) is 11.1 Å². The molecule has 2 aromatic carbocycles. The lowest BCUT2D eigenvalue weighted by molar-refractivity contribution is 0.502. The summed E-state index contributed by atoms with van der Waals surface area (Å²) in [5, 5.41) is 0. The Balaban J connectivity index is 2.08. The van der Waals surface area contributed by atoms with Crippen LogP contribution < -0.4 is 11.3 Å². The standard InChI is InChI=1S/C15H15BrF2N2/c16-12-3-1-10(2-4-12)7-14(20-19)9-11-8-13(17)5-6-15(11)18/h1-6,8,14,20H,7,9,19H2. The van der Waals surface area contributed by atoms with E-state index in [4.69, 9.17) is 5.84 Å². The zero-order chi connectivity index (χ0) is 14.5. The summed E-state index contributed by atoms with van der Waals surface area (Å²) in [4.78, 5) is 0. The van der Waals surface area contributed by atoms with Crippen molar-refractivity contribution in [1.29, 1.82) is 0 Å². The summed E-state index contributed by atoms with van der Waals surface area (Å²) >= 11 is 3.37. The maximum atomic E-state index is 13.6. The Morgan fingerprint density at radius 2 is 1.75 bits per heavy atom. The van der Waals surface area contributed by atoms with E-state index in [9.17, 15) is 8.78 Å². The molecule has 1 atom stereocenters. The summed E-state index contributed by atoms with van der Waals surface area (Å²) in [6.07, 6.45) is 0.968. The number of hydrogen-bond acceptors (Lipinski definition) is 2. The first-order chi connectivity index (χ1) is 9.58. The Hall–Kier alpha value is -1.30. The third-order valence-electron chi connectivity index (χ3n) is 3.11. The Bertz CT molecular complexity index is 573. The van der Waals surface area contributed by atoms with Crippen molar-refractivity contribution >= 4 is 15.9 Å². The predicted molar refractivity (Wildman–Crippen MR) is 79.0 cm³/mol. The summed E-state index contributed by atoms with van der Waals surface area (Å²) < 4.78 is 27.8. The summed E-state index contributed by atoms with van der Waals surface area (Å²) in [5.74, 6) is 4.65. The van der Waals surface area contributed by atoms with E-state index in [-0.39, 0.29) is 6.04 Å². The van der Waals surface area contributed by atoms with E-state index in [1.54, 1.807) is 0 Å². The summed E-state index contributed by atoms with van der Waals surface area (Å²) in [7, 11) is 0. The van der Waals surface area contributed by atoms with E-state index >= 15 is 0 Å². The van der Waals surface area contributed by atoms with E-state index < -0.39 is 11.6 Å². The smallest absolute Gasteiger partial charge is 0.126 e. The lowest BCUT2D eigenvalue weighted by Crippen LogP contribution is -2.38. The van der Waals surface area contributed by atoms with Crippen LogP contribution in [0.25, 0.3) is 0 Å². The highest BCUT2D eigenvalue weighted by Crippen LogP contribution is 2.16. The van der Waals surface area contributed by atoms with Gasteiger partial charge in [-0.2, -0.15) is 0 Å². The molecule has 2 nitrogen and oxygen atoms in total. The summed E-state index contributed by atoms with van der Waals surface area (Å²) in [5.41, 5.74) is 4.06. The molecule has 106 valence electrons. The molecule has 2 aromatic rings. The van der Waals surface area contributed by atoms with Crippen molar-refractivity contribution in [2.75, 3.05) is 0 Å². The number of benzene rings is 2. The van der Waals surface area contributed by atoms with Crippen molar-refractivity contribution in [2.45, 2.75) is 18.9 Å². The molecule has 0 saturated carbocycles. The summed E-state index contributed by atoms with van der Waals surface area (Å²) in [6.45, 7) is 0. The molecule has 0 saturated heterocycles. The second-order valence-corrected chi connectivity index (χ2v) is 5.55. The molecule has 20 heavy (non-hydrogen) atoms. The fraction of sp³-hybridized carbons (Fsp3) is 0.200. The molecule has 0 aliphatic heterocycles. The molecule has 0 amide bonds. The first-order valence-electron chi connectivity index (χ1n) is 6.23. The zero-order valence-corrected chi connectivity index (χ0v) is 12.3. The molecule has 3 N–H and O–H groups in total. The van der Waals surface area contributed by atoms with Crippen LogP contribution in [0.3, 0.4) is 0 Å². The minimum Gasteiger partial charge on any atom is -0.271 e. The SMILES string of the molecule is NNC(Cc1ccc(Br)cc1)Cc1cc(F)ccc1F. The molecule has 0 fully saturated rings. The number of hydrazine groups is 1. The topological polar surface area (TPSA) is 38.0 Å². The molecule has 0 bridgehead atoms. The van der Waals surface area contributed by atoms with Crippen LogP contribution in [0.4, 0.5) is 8.78 Å². The molecule has 0 aliphatic carbocycles. The molecule has 0 heterocycles. The second-order valence-electron chi connectivity index (χ2n) is 4.63. The van der Waals surface area contributed by atoms with Crippen LogP contribution in [-0.2, 0) is 12.8 Å². The highest BCUT2D eigenvalue weighted by atomic mass is 79.9. The minimum absolute atomic E-state index is 0.160. The van der Waals surface area contributed by atoms with Crippen molar-refractivity contribution in [3.63, 3.8) is 0 Å². The Morgan fingerprint density at radius 1 is 1.05 bits per heavy atom. The van der Waals surface area contributed by atoms with Gasteiger partial charge in [0.2, 0.25) is 0 Å². The minimum atomic E-state index is -0.444. The molecular formula is C15H15BrF2N2. The van der Waals surface area contributed by atoms with Gasteiger partial charge in [-0.05, 0) is 54.3 Å². The first kappa shape index (κ1) is 15.1. The quantitative estimate of drug-likeness (QED) is 0.647. The number of nitrogens with one attached hydrogen (secondary N) is 1. The molecular weight excluding hydrogens is 326 g/mol. The molecule has 0 radical (unpaired) electrons. The maximum Gasteiger partial charge on any atom is 0.126 e. The van der Waals surface area contributed by atoms with Crippen LogP contribution in [0.15, 0.2) is 46.9 Å². The second kappa shape index (κ2) is 6.92. The molecule has 2 rings (SSSR count). The average Bonchev–Trinajstić information content (AvgIpc) is 2.44. The normalized spacial score (nSPS) is 12.4. The zero-order valence-electron chi connectivity index (χ0n) is 10.7. The van der Waals surface area contributed by atoms with Crippen LogP contribution in [0.2, 0.25) is 0 Å². The average molecular weight is 341 g/mol. The number of hydrogen-bond donors (Lipinski definition) is 2. The van der Waals surface area contributed by atoms with Gasteiger partial charge in [0.15, 0.2) is 0 Å². The highest BCUT2D eigenvalue weighted by molar-refractivity contribution is 9.10. The van der Waals surface area contributed by atoms with Gasteiger partial charge in [-0.15, -0.1) is 0 Å². The van der Waals surface area contributed by atoms with Gasteiger partial charge in [0.05, 0.1) is 0 Å². The fourth-order valence-corrected chi connectivity index (χ4v) is 2.32. The van der Waals surface area contributed by atoms with Crippen molar-refractivity contribution in [3.8, 4) is 0 Å². The van der Waals surface area contributed by atoms with E-state index in [1.165, 1.54) is 6.07 Å². The van der Waals surface area contributed by atoms with Gasteiger partial charge >= 0.3 is 0 Å². The Kier molecular flexibility index (Phi) is 5.23. The maximum absolute atomic E-state index is 13.6. The third-order valence-corrected chi connectivity index (χ3v) is 3.63. The molecule has 1 unspecified atom stereocenters. The third kappa shape index (κ3) is 4.10. The van der Waals surface area contributed by atoms with Crippen molar-refractivity contribution in [3.05, 3.63) is 69.7 Å². The Labute approximate surface area is 125 Å². The van der Waals surface area contributed by atoms with Crippen LogP contribution in [-0.4, -0.2) is 6.04 Å². The largest absolute Gasteiger partial charge is 0.271 e. The van der Waals surface area contributed by atoms with Crippen LogP contribution >= 0.6 is 15.9 Å². The van der Waals surface area contributed by atoms with E-state index in [0.29, 0.717) is 18.4 Å². The monoisotopic (exact) mass is 340 g/mol. The van der Waals surface area contributed by atoms with E-state index in [0.717, 1.165) is 22.2 Å². The first-order valence-corrected chi connectivity index (χ1v) is 7.02. The number of rotatable bonds is 5. The van der Waals surface area contributed by atoms with E-state index in [1.807, 2.05) is 24.3 Å². The lowest BCUT2D eigenvalue weighted by atomic mass is 9.99. The van der Waals surface area contributed by atoms with Gasteiger partial charge in [0.1, 0.15) is 11.6 Å². The van der Waals surface area contributed by atoms with Gasteiger partial charge in [0, 0.05) is 10.5 Å². The van der Waals surface area contributed by atoms with Gasteiger partial charge in [0.25, 0.3) is 0 Å². The molecule has 0 aromatic heterocycles. The van der Waals surface area contributed by atoms with Crippen molar-refractivity contribution in [1.82, 2.24) is 5.43 Å². The van der Waals surface area contributed by atoms with Gasteiger partial charge in [-0.3, -0.25) is 11.3 Å². The lowest BCUT2D eigenvalue weighted by Gasteiger charge is -2.16. The molecule has 5 heteroatoms. The van der Waals surface area contributed by atoms with E-state index in [2.05, 4.69) is 21.4 Å². The summed E-state index contributed by atoms with van der Waals surface area (Å²) in [6, 6.07) is 11.1. The Morgan fingerprint density at radius 3 is 2.40 bits per heavy atom. The number of halogens is 3. The van der Waals surface area contributed by atoms with Gasteiger partial charge in [-0.25, -0.2) is 8.78 Å². The van der Waals surface area contributed by atoms with Gasteiger partial charge < -0.3 is 0 Å². The number of nitrogens with two attached hydrogens (primary N) is 1. The predicted octanol–water partition coefficient (Wildman–Crippen LogP) is 3.34. The van der Waals surface area contributed by atoms with Crippen LogP contribution in [0.5, 0.6) is 0 Å². The molecule has 0 spiro atoms. The van der Waals surface area contributed by atoms with Crippen LogP contribution in [0, 0.1) is 11.6 Å². The highest BCUT2D eigenvalue weighted by Gasteiger charge is 2.12. The van der Waals surface area contributed by atoms with Crippen molar-refractivity contribution < 1.29 is 8.78 Å². The van der Waals surface area contributed by atoms with Crippen molar-refractivity contribution in [2.24, 2.45) is 5.84 Å².